The molecule has 5 rings (SSSR count). The largest absolute Gasteiger partial charge is 0.351 e. The third kappa shape index (κ3) is 5.10. The van der Waals surface area contributed by atoms with Crippen LogP contribution in [0.1, 0.15) is 60.1 Å². The second-order valence-electron chi connectivity index (χ2n) is 9.61. The molecule has 2 aromatic carbocycles. The standard InChI is InChI=1S/C29H34FN3O/c30-25-13-9-22(10-14-25)28-21-24-7-3-1-4-8-27(24)33(28)26-15-11-23(12-16-26)29(34)31-17-20-32-18-5-2-6-19-32/h9-16,21H,1-8,17-20H2,(H,31,34). The van der Waals surface area contributed by atoms with Gasteiger partial charge in [0.15, 0.2) is 0 Å². The Kier molecular flexibility index (Phi) is 7.10. The SMILES string of the molecule is O=C(NCCN1CCCCC1)c1ccc(-n2c(-c3ccc(F)cc3)cc3c2CCCCC3)cc1. The molecular weight excluding hydrogens is 425 g/mol. The number of carbonyl (C=O) groups is 1. The molecule has 0 saturated carbocycles. The van der Waals surface area contributed by atoms with Crippen LogP contribution in [0.4, 0.5) is 4.39 Å². The molecule has 0 spiro atoms. The summed E-state index contributed by atoms with van der Waals surface area (Å²) >= 11 is 0. The minimum Gasteiger partial charge on any atom is -0.351 e. The number of benzene rings is 2. The number of fused-ring (bicyclic) bond motifs is 1. The molecule has 0 unspecified atom stereocenters. The third-order valence-electron chi connectivity index (χ3n) is 7.24. The van der Waals surface area contributed by atoms with E-state index in [1.165, 1.54) is 61.9 Å². The zero-order chi connectivity index (χ0) is 23.3. The molecule has 3 aromatic rings. The number of amides is 1. The number of nitrogens with zero attached hydrogens (tertiary/aromatic N) is 2. The first-order valence-corrected chi connectivity index (χ1v) is 12.8. The molecule has 4 nitrogen and oxygen atoms in total. The van der Waals surface area contributed by atoms with Crippen molar-refractivity contribution in [3.8, 4) is 16.9 Å². The van der Waals surface area contributed by atoms with Crippen molar-refractivity contribution in [2.75, 3.05) is 26.2 Å². The van der Waals surface area contributed by atoms with Crippen molar-refractivity contribution in [1.82, 2.24) is 14.8 Å². The fraction of sp³-hybridized carbons (Fsp3) is 0.414. The molecule has 2 aliphatic rings. The minimum atomic E-state index is -0.223. The number of piperidine rings is 1. The normalized spacial score (nSPS) is 16.6. The van der Waals surface area contributed by atoms with Crippen LogP contribution >= 0.6 is 0 Å². The number of rotatable bonds is 6. The molecule has 178 valence electrons. The summed E-state index contributed by atoms with van der Waals surface area (Å²) in [6.07, 6.45) is 9.59. The first kappa shape index (κ1) is 22.9. The predicted molar refractivity (Wildman–Crippen MR) is 135 cm³/mol. The molecule has 1 aromatic heterocycles. The summed E-state index contributed by atoms with van der Waals surface area (Å²) in [6, 6.07) is 16.9. The third-order valence-corrected chi connectivity index (χ3v) is 7.24. The summed E-state index contributed by atoms with van der Waals surface area (Å²) < 4.78 is 15.9. The average molecular weight is 460 g/mol. The van der Waals surface area contributed by atoms with E-state index in [9.17, 15) is 9.18 Å². The summed E-state index contributed by atoms with van der Waals surface area (Å²) in [5.74, 6) is -0.243. The number of likely N-dealkylation sites (tertiary alicyclic amines) is 1. The fourth-order valence-corrected chi connectivity index (χ4v) is 5.38. The molecule has 0 atom stereocenters. The lowest BCUT2D eigenvalue weighted by atomic mass is 10.1. The van der Waals surface area contributed by atoms with E-state index in [2.05, 4.69) is 20.9 Å². The molecule has 1 amide bonds. The van der Waals surface area contributed by atoms with Crippen LogP contribution in [-0.2, 0) is 12.8 Å². The van der Waals surface area contributed by atoms with Crippen LogP contribution in [0.15, 0.2) is 54.6 Å². The number of carbonyl (C=O) groups excluding carboxylic acids is 1. The van der Waals surface area contributed by atoms with Gasteiger partial charge in [0.2, 0.25) is 0 Å². The number of nitrogens with one attached hydrogen (secondary N) is 1. The van der Waals surface area contributed by atoms with Gasteiger partial charge in [-0.1, -0.05) is 12.8 Å². The van der Waals surface area contributed by atoms with Crippen molar-refractivity contribution in [3.63, 3.8) is 0 Å². The van der Waals surface area contributed by atoms with Crippen molar-refractivity contribution in [3.05, 3.63) is 77.2 Å². The molecule has 0 bridgehead atoms. The quantitative estimate of drug-likeness (QED) is 0.475. The Morgan fingerprint density at radius 1 is 0.853 bits per heavy atom. The Balaban J connectivity index is 1.36. The lowest BCUT2D eigenvalue weighted by Crippen LogP contribution is -2.37. The van der Waals surface area contributed by atoms with Gasteiger partial charge in [0.1, 0.15) is 5.82 Å². The van der Waals surface area contributed by atoms with Crippen LogP contribution in [0.25, 0.3) is 16.9 Å². The number of aromatic nitrogens is 1. The van der Waals surface area contributed by atoms with Gasteiger partial charge in [-0.25, -0.2) is 4.39 Å². The van der Waals surface area contributed by atoms with Crippen LogP contribution in [0.2, 0.25) is 0 Å². The van der Waals surface area contributed by atoms with Gasteiger partial charge >= 0.3 is 0 Å². The van der Waals surface area contributed by atoms with Gasteiger partial charge in [-0.15, -0.1) is 0 Å². The second kappa shape index (κ2) is 10.6. The van der Waals surface area contributed by atoms with Gasteiger partial charge in [-0.3, -0.25) is 4.79 Å². The molecule has 5 heteroatoms. The highest BCUT2D eigenvalue weighted by Crippen LogP contribution is 2.33. The summed E-state index contributed by atoms with van der Waals surface area (Å²) in [5.41, 5.74) is 6.56. The highest BCUT2D eigenvalue weighted by molar-refractivity contribution is 5.94. The highest BCUT2D eigenvalue weighted by atomic mass is 19.1. The van der Waals surface area contributed by atoms with E-state index < -0.39 is 0 Å². The Labute approximate surface area is 201 Å². The molecule has 0 radical (unpaired) electrons. The van der Waals surface area contributed by atoms with Crippen LogP contribution in [0.5, 0.6) is 0 Å². The predicted octanol–water partition coefficient (Wildman–Crippen LogP) is 5.77. The summed E-state index contributed by atoms with van der Waals surface area (Å²) in [7, 11) is 0. The number of hydrogen-bond donors (Lipinski definition) is 1. The lowest BCUT2D eigenvalue weighted by molar-refractivity contribution is 0.0946. The molecule has 2 heterocycles. The van der Waals surface area contributed by atoms with Gasteiger partial charge in [0.25, 0.3) is 5.91 Å². The van der Waals surface area contributed by atoms with Crippen molar-refractivity contribution < 1.29 is 9.18 Å². The highest BCUT2D eigenvalue weighted by Gasteiger charge is 2.20. The van der Waals surface area contributed by atoms with Crippen LogP contribution in [-0.4, -0.2) is 41.6 Å². The topological polar surface area (TPSA) is 37.3 Å². The molecule has 1 N–H and O–H groups in total. The average Bonchev–Trinajstić information content (AvgIpc) is 3.07. The molecular formula is C29H34FN3O. The minimum absolute atomic E-state index is 0.0198. The van der Waals surface area contributed by atoms with Gasteiger partial charge in [0.05, 0.1) is 5.69 Å². The van der Waals surface area contributed by atoms with Crippen LogP contribution in [0.3, 0.4) is 0 Å². The second-order valence-corrected chi connectivity index (χ2v) is 9.61. The monoisotopic (exact) mass is 459 g/mol. The number of hydrogen-bond acceptors (Lipinski definition) is 2. The smallest absolute Gasteiger partial charge is 0.251 e. The van der Waals surface area contributed by atoms with Gasteiger partial charge in [-0.05, 0) is 117 Å². The van der Waals surface area contributed by atoms with E-state index in [-0.39, 0.29) is 11.7 Å². The molecule has 1 saturated heterocycles. The van der Waals surface area contributed by atoms with Crippen molar-refractivity contribution in [2.45, 2.75) is 51.4 Å². The van der Waals surface area contributed by atoms with Crippen molar-refractivity contribution >= 4 is 5.91 Å². The number of aryl methyl sites for hydroxylation is 1. The maximum absolute atomic E-state index is 13.6. The van der Waals surface area contributed by atoms with E-state index >= 15 is 0 Å². The van der Waals surface area contributed by atoms with Crippen LogP contribution in [0, 0.1) is 5.82 Å². The van der Waals surface area contributed by atoms with Gasteiger partial charge < -0.3 is 14.8 Å². The Bertz CT molecular complexity index is 1110. The van der Waals surface area contributed by atoms with Gasteiger partial charge in [0, 0.05) is 30.0 Å². The zero-order valence-electron chi connectivity index (χ0n) is 19.9. The van der Waals surface area contributed by atoms with E-state index in [0.717, 1.165) is 49.4 Å². The first-order chi connectivity index (χ1) is 16.7. The van der Waals surface area contributed by atoms with E-state index in [1.54, 1.807) is 0 Å². The van der Waals surface area contributed by atoms with E-state index in [4.69, 9.17) is 0 Å². The van der Waals surface area contributed by atoms with Crippen molar-refractivity contribution in [1.29, 1.82) is 0 Å². The summed E-state index contributed by atoms with van der Waals surface area (Å²) in [4.78, 5) is 15.1. The maximum Gasteiger partial charge on any atom is 0.251 e. The Morgan fingerprint density at radius 3 is 2.32 bits per heavy atom. The summed E-state index contributed by atoms with van der Waals surface area (Å²) in [5, 5.41) is 3.08. The van der Waals surface area contributed by atoms with Crippen LogP contribution < -0.4 is 5.32 Å². The van der Waals surface area contributed by atoms with Gasteiger partial charge in [-0.2, -0.15) is 0 Å². The van der Waals surface area contributed by atoms with E-state index in [1.807, 2.05) is 36.4 Å². The Hall–Kier alpha value is -2.92. The first-order valence-electron chi connectivity index (χ1n) is 12.8. The molecule has 1 aliphatic carbocycles. The molecule has 34 heavy (non-hydrogen) atoms. The lowest BCUT2D eigenvalue weighted by Gasteiger charge is -2.26. The summed E-state index contributed by atoms with van der Waals surface area (Å²) in [6.45, 7) is 3.88. The van der Waals surface area contributed by atoms with Crippen molar-refractivity contribution in [2.24, 2.45) is 0 Å². The Morgan fingerprint density at radius 2 is 1.56 bits per heavy atom. The molecule has 1 aliphatic heterocycles. The fourth-order valence-electron chi connectivity index (χ4n) is 5.38. The maximum atomic E-state index is 13.6. The number of halogens is 1. The van der Waals surface area contributed by atoms with E-state index in [0.29, 0.717) is 12.1 Å². The zero-order valence-corrected chi connectivity index (χ0v) is 19.9. The molecule has 1 fully saturated rings.